The number of nitrogens with zero attached hydrogens (tertiary/aromatic N) is 1. The van der Waals surface area contributed by atoms with Gasteiger partial charge in [0.2, 0.25) is 6.41 Å². The van der Waals surface area contributed by atoms with Crippen molar-refractivity contribution in [2.45, 2.75) is 18.9 Å². The van der Waals surface area contributed by atoms with Crippen LogP contribution in [0.4, 0.5) is 0 Å². The molecule has 1 saturated heterocycles. The lowest BCUT2D eigenvalue weighted by atomic mass is 10.2. The van der Waals surface area contributed by atoms with Crippen molar-refractivity contribution in [3.63, 3.8) is 0 Å². The molecular formula is C6H10ClNO. The van der Waals surface area contributed by atoms with E-state index in [1.165, 1.54) is 0 Å². The number of amides is 1. The molecule has 0 radical (unpaired) electrons. The SMILES string of the molecule is O=CN1CCC[C@H]1CCl. The Morgan fingerprint density at radius 2 is 2.56 bits per heavy atom. The number of halogens is 1. The van der Waals surface area contributed by atoms with Crippen LogP contribution in [0.5, 0.6) is 0 Å². The van der Waals surface area contributed by atoms with E-state index in [1.54, 1.807) is 4.90 Å². The number of hydrogen-bond acceptors (Lipinski definition) is 1. The zero-order valence-electron chi connectivity index (χ0n) is 5.22. The van der Waals surface area contributed by atoms with E-state index in [2.05, 4.69) is 0 Å². The third-order valence-corrected chi connectivity index (χ3v) is 2.09. The fourth-order valence-corrected chi connectivity index (χ4v) is 1.49. The molecule has 1 aliphatic heterocycles. The van der Waals surface area contributed by atoms with Gasteiger partial charge < -0.3 is 4.90 Å². The molecule has 1 atom stereocenters. The first-order chi connectivity index (χ1) is 4.38. The standard InChI is InChI=1S/C6H10ClNO/c7-4-6-2-1-3-8(6)5-9/h5-6H,1-4H2/t6-/m0/s1. The van der Waals surface area contributed by atoms with Crippen LogP contribution in [0.15, 0.2) is 0 Å². The van der Waals surface area contributed by atoms with Gasteiger partial charge in [0.1, 0.15) is 0 Å². The minimum Gasteiger partial charge on any atom is -0.341 e. The van der Waals surface area contributed by atoms with Gasteiger partial charge >= 0.3 is 0 Å². The van der Waals surface area contributed by atoms with E-state index in [9.17, 15) is 4.79 Å². The summed E-state index contributed by atoms with van der Waals surface area (Å²) < 4.78 is 0. The fourth-order valence-electron chi connectivity index (χ4n) is 1.16. The maximum absolute atomic E-state index is 10.2. The summed E-state index contributed by atoms with van der Waals surface area (Å²) in [6.07, 6.45) is 3.07. The Hall–Kier alpha value is -0.240. The van der Waals surface area contributed by atoms with Crippen molar-refractivity contribution in [3.05, 3.63) is 0 Å². The molecule has 0 spiro atoms. The summed E-state index contributed by atoms with van der Waals surface area (Å²) in [6.45, 7) is 0.890. The summed E-state index contributed by atoms with van der Waals surface area (Å²) in [7, 11) is 0. The van der Waals surface area contributed by atoms with E-state index in [1.807, 2.05) is 0 Å². The molecule has 1 aliphatic rings. The highest BCUT2D eigenvalue weighted by Gasteiger charge is 2.20. The second-order valence-corrected chi connectivity index (χ2v) is 2.60. The van der Waals surface area contributed by atoms with Crippen molar-refractivity contribution in [1.29, 1.82) is 0 Å². The van der Waals surface area contributed by atoms with Crippen molar-refractivity contribution >= 4 is 18.0 Å². The molecule has 0 aromatic rings. The number of likely N-dealkylation sites (tertiary alicyclic amines) is 1. The third kappa shape index (κ3) is 1.36. The number of rotatable bonds is 2. The van der Waals surface area contributed by atoms with Gasteiger partial charge in [0.05, 0.1) is 0 Å². The van der Waals surface area contributed by atoms with Gasteiger partial charge in [-0.1, -0.05) is 0 Å². The average molecular weight is 148 g/mol. The lowest BCUT2D eigenvalue weighted by Gasteiger charge is -2.15. The fraction of sp³-hybridized carbons (Fsp3) is 0.833. The predicted molar refractivity (Wildman–Crippen MR) is 36.5 cm³/mol. The molecule has 1 rings (SSSR count). The summed E-state index contributed by atoms with van der Waals surface area (Å²) in [5, 5.41) is 0. The minimum atomic E-state index is 0.309. The Bertz CT molecular complexity index is 107. The van der Waals surface area contributed by atoms with Gasteiger partial charge in [-0.15, -0.1) is 11.6 Å². The molecule has 1 heterocycles. The van der Waals surface area contributed by atoms with Crippen LogP contribution < -0.4 is 0 Å². The molecule has 9 heavy (non-hydrogen) atoms. The van der Waals surface area contributed by atoms with Crippen LogP contribution in [0.3, 0.4) is 0 Å². The van der Waals surface area contributed by atoms with Crippen LogP contribution in [-0.2, 0) is 4.79 Å². The van der Waals surface area contributed by atoms with Crippen LogP contribution >= 0.6 is 11.6 Å². The predicted octanol–water partition coefficient (Wildman–Crippen LogP) is 0.846. The van der Waals surface area contributed by atoms with Crippen molar-refractivity contribution in [1.82, 2.24) is 4.90 Å². The molecule has 52 valence electrons. The van der Waals surface area contributed by atoms with Crippen molar-refractivity contribution in [3.8, 4) is 0 Å². The first-order valence-electron chi connectivity index (χ1n) is 3.15. The van der Waals surface area contributed by atoms with E-state index >= 15 is 0 Å². The van der Waals surface area contributed by atoms with E-state index in [0.29, 0.717) is 11.9 Å². The molecule has 0 unspecified atom stereocenters. The summed E-state index contributed by atoms with van der Waals surface area (Å²) in [6, 6.07) is 0.309. The van der Waals surface area contributed by atoms with Gasteiger partial charge in [0.15, 0.2) is 0 Å². The Labute approximate surface area is 59.8 Å². The summed E-state index contributed by atoms with van der Waals surface area (Å²) in [5.41, 5.74) is 0. The van der Waals surface area contributed by atoms with Gasteiger partial charge in [0.25, 0.3) is 0 Å². The van der Waals surface area contributed by atoms with Crippen molar-refractivity contribution in [2.24, 2.45) is 0 Å². The van der Waals surface area contributed by atoms with Gasteiger partial charge in [0, 0.05) is 18.5 Å². The summed E-state index contributed by atoms with van der Waals surface area (Å²) in [4.78, 5) is 12.0. The Morgan fingerprint density at radius 3 is 3.00 bits per heavy atom. The minimum absolute atomic E-state index is 0.309. The van der Waals surface area contributed by atoms with E-state index in [-0.39, 0.29) is 0 Å². The van der Waals surface area contributed by atoms with E-state index < -0.39 is 0 Å². The third-order valence-electron chi connectivity index (χ3n) is 1.74. The highest BCUT2D eigenvalue weighted by Crippen LogP contribution is 2.15. The molecule has 1 amide bonds. The molecule has 0 N–H and O–H groups in total. The maximum atomic E-state index is 10.2. The van der Waals surface area contributed by atoms with Crippen LogP contribution in [0, 0.1) is 0 Å². The quantitative estimate of drug-likeness (QED) is 0.419. The number of carbonyl (C=O) groups is 1. The van der Waals surface area contributed by atoms with E-state index in [0.717, 1.165) is 25.8 Å². The molecule has 1 fully saturated rings. The lowest BCUT2D eigenvalue weighted by Crippen LogP contribution is -2.28. The van der Waals surface area contributed by atoms with Gasteiger partial charge in [-0.05, 0) is 12.8 Å². The second-order valence-electron chi connectivity index (χ2n) is 2.29. The molecule has 0 aromatic heterocycles. The van der Waals surface area contributed by atoms with Crippen LogP contribution in [0.1, 0.15) is 12.8 Å². The number of hydrogen-bond donors (Lipinski definition) is 0. The van der Waals surface area contributed by atoms with Gasteiger partial charge in [-0.3, -0.25) is 4.79 Å². The molecule has 3 heteroatoms. The summed E-state index contributed by atoms with van der Waals surface area (Å²) >= 11 is 5.58. The number of carbonyl (C=O) groups excluding carboxylic acids is 1. The monoisotopic (exact) mass is 147 g/mol. The first-order valence-corrected chi connectivity index (χ1v) is 3.69. The summed E-state index contributed by atoms with van der Waals surface area (Å²) in [5.74, 6) is 0.582. The van der Waals surface area contributed by atoms with Crippen molar-refractivity contribution < 1.29 is 4.79 Å². The smallest absolute Gasteiger partial charge is 0.209 e. The normalized spacial score (nSPS) is 26.8. The first kappa shape index (κ1) is 6.87. The van der Waals surface area contributed by atoms with Crippen LogP contribution in [0.25, 0.3) is 0 Å². The molecule has 0 bridgehead atoms. The topological polar surface area (TPSA) is 20.3 Å². The Morgan fingerprint density at radius 1 is 1.78 bits per heavy atom. The van der Waals surface area contributed by atoms with Gasteiger partial charge in [-0.2, -0.15) is 0 Å². The molecule has 0 aliphatic carbocycles. The largest absolute Gasteiger partial charge is 0.341 e. The molecular weight excluding hydrogens is 138 g/mol. The van der Waals surface area contributed by atoms with Crippen LogP contribution in [-0.4, -0.2) is 29.8 Å². The van der Waals surface area contributed by atoms with Crippen LogP contribution in [0.2, 0.25) is 0 Å². The molecule has 2 nitrogen and oxygen atoms in total. The highest BCUT2D eigenvalue weighted by atomic mass is 35.5. The Kier molecular flexibility index (Phi) is 2.34. The van der Waals surface area contributed by atoms with E-state index in [4.69, 9.17) is 11.6 Å². The average Bonchev–Trinajstić information content (AvgIpc) is 2.33. The highest BCUT2D eigenvalue weighted by molar-refractivity contribution is 6.18. The molecule has 0 saturated carbocycles. The zero-order chi connectivity index (χ0) is 6.69. The lowest BCUT2D eigenvalue weighted by molar-refractivity contribution is -0.118. The second kappa shape index (κ2) is 3.06. The Balaban J connectivity index is 2.41. The zero-order valence-corrected chi connectivity index (χ0v) is 5.97. The van der Waals surface area contributed by atoms with Gasteiger partial charge in [-0.25, -0.2) is 0 Å². The number of alkyl halides is 1. The maximum Gasteiger partial charge on any atom is 0.209 e. The van der Waals surface area contributed by atoms with Crippen molar-refractivity contribution in [2.75, 3.05) is 12.4 Å². The molecule has 0 aromatic carbocycles.